The molecule has 102 valence electrons. The molecule has 0 fully saturated rings. The second-order valence-corrected chi connectivity index (χ2v) is 8.50. The van der Waals surface area contributed by atoms with E-state index in [1.54, 1.807) is 39.8 Å². The smallest absolute Gasteiger partial charge is 0.212 e. The number of hydrogen-bond donors (Lipinski definition) is 1. The summed E-state index contributed by atoms with van der Waals surface area (Å²) in [5.41, 5.74) is 0.325. The van der Waals surface area contributed by atoms with Crippen LogP contribution in [0.25, 0.3) is 0 Å². The summed E-state index contributed by atoms with van der Waals surface area (Å²) < 4.78 is 39.8. The summed E-state index contributed by atoms with van der Waals surface area (Å²) in [6, 6.07) is 3.95. The van der Waals surface area contributed by atoms with E-state index in [4.69, 9.17) is 0 Å². The molecule has 0 heterocycles. The maximum atomic E-state index is 13.7. The summed E-state index contributed by atoms with van der Waals surface area (Å²) >= 11 is 3.16. The quantitative estimate of drug-likeness (QED) is 0.919. The highest BCUT2D eigenvalue weighted by molar-refractivity contribution is 9.10. The van der Waals surface area contributed by atoms with Crippen LogP contribution in [-0.4, -0.2) is 13.2 Å². The van der Waals surface area contributed by atoms with Crippen LogP contribution < -0.4 is 4.72 Å². The number of halogens is 2. The number of hydrogen-bond acceptors (Lipinski definition) is 2. The van der Waals surface area contributed by atoms with Crippen LogP contribution in [0.15, 0.2) is 22.7 Å². The molecule has 1 N–H and O–H groups in total. The fraction of sp³-hybridized carbons (Fsp3) is 0.500. The predicted octanol–water partition coefficient (Wildman–Crippen LogP) is 3.37. The molecule has 0 spiro atoms. The van der Waals surface area contributed by atoms with Crippen molar-refractivity contribution >= 4 is 26.0 Å². The molecule has 1 rings (SSSR count). The predicted molar refractivity (Wildman–Crippen MR) is 74.3 cm³/mol. The topological polar surface area (TPSA) is 46.2 Å². The summed E-state index contributed by atoms with van der Waals surface area (Å²) in [6.45, 7) is 6.41. The number of nitrogens with one attached hydrogen (secondary N) is 1. The molecule has 1 atom stereocenters. The minimum absolute atomic E-state index is 0.325. The zero-order valence-corrected chi connectivity index (χ0v) is 13.2. The van der Waals surface area contributed by atoms with E-state index < -0.39 is 26.6 Å². The monoisotopic (exact) mass is 337 g/mol. The van der Waals surface area contributed by atoms with Gasteiger partial charge in [0, 0.05) is 16.1 Å². The van der Waals surface area contributed by atoms with Crippen molar-refractivity contribution in [2.24, 2.45) is 0 Å². The Morgan fingerprint density at radius 3 is 2.33 bits per heavy atom. The Morgan fingerprint density at radius 1 is 1.33 bits per heavy atom. The Morgan fingerprint density at radius 2 is 1.89 bits per heavy atom. The molecule has 1 aromatic carbocycles. The van der Waals surface area contributed by atoms with Gasteiger partial charge in [-0.15, -0.1) is 0 Å². The summed E-state index contributed by atoms with van der Waals surface area (Å²) in [7, 11) is -3.50. The minimum atomic E-state index is -3.50. The van der Waals surface area contributed by atoms with E-state index >= 15 is 0 Å². The molecule has 0 radical (unpaired) electrons. The lowest BCUT2D eigenvalue weighted by molar-refractivity contribution is 0.523. The standard InChI is InChI=1S/C12H17BrFNO2S/c1-8(15-18(16,17)12(2,3)4)10-6-5-9(13)7-11(10)14/h5-8,15H,1-4H3. The molecule has 1 aromatic rings. The molecule has 0 bridgehead atoms. The fourth-order valence-corrected chi connectivity index (χ4v) is 2.60. The van der Waals surface area contributed by atoms with Crippen molar-refractivity contribution in [3.05, 3.63) is 34.1 Å². The Bertz CT molecular complexity index is 537. The van der Waals surface area contributed by atoms with Crippen LogP contribution in [0.1, 0.15) is 39.3 Å². The first-order valence-electron chi connectivity index (χ1n) is 5.51. The van der Waals surface area contributed by atoms with Gasteiger partial charge < -0.3 is 0 Å². The highest BCUT2D eigenvalue weighted by Crippen LogP contribution is 2.23. The van der Waals surface area contributed by atoms with Gasteiger partial charge in [-0.05, 0) is 39.8 Å². The third kappa shape index (κ3) is 3.52. The Balaban J connectivity index is 3.00. The summed E-state index contributed by atoms with van der Waals surface area (Å²) in [6.07, 6.45) is 0. The molecular formula is C12H17BrFNO2S. The minimum Gasteiger partial charge on any atom is -0.212 e. The van der Waals surface area contributed by atoms with Crippen molar-refractivity contribution < 1.29 is 12.8 Å². The highest BCUT2D eigenvalue weighted by Gasteiger charge is 2.30. The van der Waals surface area contributed by atoms with Crippen LogP contribution in [0.5, 0.6) is 0 Å². The zero-order valence-electron chi connectivity index (χ0n) is 10.8. The van der Waals surface area contributed by atoms with Crippen molar-refractivity contribution in [2.45, 2.75) is 38.5 Å². The summed E-state index contributed by atoms with van der Waals surface area (Å²) in [4.78, 5) is 0. The molecule has 1 unspecified atom stereocenters. The molecule has 0 aromatic heterocycles. The molecule has 0 aliphatic carbocycles. The Kier molecular flexibility index (Phi) is 4.56. The maximum absolute atomic E-state index is 13.7. The first kappa shape index (κ1) is 15.6. The van der Waals surface area contributed by atoms with E-state index in [2.05, 4.69) is 20.7 Å². The molecule has 3 nitrogen and oxygen atoms in total. The Labute approximate surface area is 116 Å². The molecule has 0 amide bonds. The van der Waals surface area contributed by atoms with Gasteiger partial charge >= 0.3 is 0 Å². The van der Waals surface area contributed by atoms with Gasteiger partial charge in [0.05, 0.1) is 4.75 Å². The SMILES string of the molecule is CC(NS(=O)(=O)C(C)(C)C)c1ccc(Br)cc1F. The first-order valence-corrected chi connectivity index (χ1v) is 7.79. The Hall–Kier alpha value is -0.460. The van der Waals surface area contributed by atoms with E-state index in [9.17, 15) is 12.8 Å². The van der Waals surface area contributed by atoms with Gasteiger partial charge in [-0.25, -0.2) is 17.5 Å². The normalized spacial score (nSPS) is 14.6. The third-order valence-electron chi connectivity index (χ3n) is 2.57. The van der Waals surface area contributed by atoms with Gasteiger partial charge in [-0.3, -0.25) is 0 Å². The molecule has 0 aliphatic heterocycles. The molecule has 6 heteroatoms. The van der Waals surface area contributed by atoms with Crippen molar-refractivity contribution in [1.29, 1.82) is 0 Å². The van der Waals surface area contributed by atoms with Crippen molar-refractivity contribution in [1.82, 2.24) is 4.72 Å². The number of sulfonamides is 1. The largest absolute Gasteiger partial charge is 0.217 e. The third-order valence-corrected chi connectivity index (χ3v) is 5.34. The number of benzene rings is 1. The van der Waals surface area contributed by atoms with Gasteiger partial charge in [0.15, 0.2) is 0 Å². The lowest BCUT2D eigenvalue weighted by Crippen LogP contribution is -2.40. The van der Waals surface area contributed by atoms with Gasteiger partial charge in [0.2, 0.25) is 10.0 Å². The van der Waals surface area contributed by atoms with Crippen molar-refractivity contribution in [3.63, 3.8) is 0 Å². The van der Waals surface area contributed by atoms with Crippen LogP contribution >= 0.6 is 15.9 Å². The molecule has 0 saturated heterocycles. The molecule has 18 heavy (non-hydrogen) atoms. The van der Waals surface area contributed by atoms with Crippen LogP contribution in [0, 0.1) is 5.82 Å². The van der Waals surface area contributed by atoms with Crippen molar-refractivity contribution in [2.75, 3.05) is 0 Å². The highest BCUT2D eigenvalue weighted by atomic mass is 79.9. The second kappa shape index (κ2) is 5.27. The molecule has 0 saturated carbocycles. The van der Waals surface area contributed by atoms with E-state index in [0.29, 0.717) is 10.0 Å². The lowest BCUT2D eigenvalue weighted by atomic mass is 10.1. The van der Waals surface area contributed by atoms with Crippen LogP contribution in [0.4, 0.5) is 4.39 Å². The van der Waals surface area contributed by atoms with E-state index in [1.807, 2.05) is 0 Å². The van der Waals surface area contributed by atoms with E-state index in [0.717, 1.165) is 0 Å². The number of rotatable bonds is 3. The summed E-state index contributed by atoms with van der Waals surface area (Å²) in [5.74, 6) is -0.437. The average Bonchev–Trinajstić information content (AvgIpc) is 2.14. The van der Waals surface area contributed by atoms with Gasteiger partial charge in [0.25, 0.3) is 0 Å². The molecular weight excluding hydrogens is 321 g/mol. The zero-order chi connectivity index (χ0) is 14.1. The first-order chi connectivity index (χ1) is 8.04. The van der Waals surface area contributed by atoms with Gasteiger partial charge in [-0.2, -0.15) is 0 Å². The van der Waals surface area contributed by atoms with E-state index in [1.165, 1.54) is 6.07 Å². The maximum Gasteiger partial charge on any atom is 0.217 e. The van der Waals surface area contributed by atoms with Crippen LogP contribution in [0.3, 0.4) is 0 Å². The average molecular weight is 338 g/mol. The van der Waals surface area contributed by atoms with E-state index in [-0.39, 0.29) is 0 Å². The van der Waals surface area contributed by atoms with Gasteiger partial charge in [-0.1, -0.05) is 22.0 Å². The lowest BCUT2D eigenvalue weighted by Gasteiger charge is -2.23. The molecule has 0 aliphatic rings. The van der Waals surface area contributed by atoms with Crippen LogP contribution in [0.2, 0.25) is 0 Å². The van der Waals surface area contributed by atoms with Gasteiger partial charge in [0.1, 0.15) is 5.82 Å². The second-order valence-electron chi connectivity index (χ2n) is 5.12. The fourth-order valence-electron chi connectivity index (χ4n) is 1.33. The van der Waals surface area contributed by atoms with Crippen molar-refractivity contribution in [3.8, 4) is 0 Å². The summed E-state index contributed by atoms with van der Waals surface area (Å²) in [5, 5.41) is 0. The van der Waals surface area contributed by atoms with Crippen LogP contribution in [-0.2, 0) is 10.0 Å².